The maximum atomic E-state index is 13.5. The van der Waals surface area contributed by atoms with Gasteiger partial charge in [0.2, 0.25) is 11.8 Å². The van der Waals surface area contributed by atoms with Crippen LogP contribution in [0.3, 0.4) is 0 Å². The number of carbonyl (C=O) groups excluding carboxylic acids is 2. The highest BCUT2D eigenvalue weighted by Crippen LogP contribution is 2.37. The van der Waals surface area contributed by atoms with E-state index in [0.717, 1.165) is 38.6 Å². The van der Waals surface area contributed by atoms with Crippen molar-refractivity contribution in [2.45, 2.75) is 71.9 Å². The van der Waals surface area contributed by atoms with Crippen LogP contribution in [0.1, 0.15) is 74.1 Å². The number of amides is 2. The van der Waals surface area contributed by atoms with Crippen molar-refractivity contribution in [1.82, 2.24) is 14.7 Å². The SMILES string of the molecule is CCCC[C@H](CC)C(=O)N1CCN(C(=O)CN2CCc3sccc3[C@@H]2c2ccc(C)cc2)C[C@H]1C. The van der Waals surface area contributed by atoms with E-state index in [2.05, 4.69) is 68.3 Å². The molecule has 1 fully saturated rings. The number of unbranched alkanes of at least 4 members (excludes halogenated alkanes) is 1. The van der Waals surface area contributed by atoms with Crippen LogP contribution in [-0.2, 0) is 16.0 Å². The first-order valence-electron chi connectivity index (χ1n) is 13.4. The number of thiophene rings is 1. The molecule has 1 aromatic carbocycles. The molecule has 2 amide bonds. The summed E-state index contributed by atoms with van der Waals surface area (Å²) in [6, 6.07) is 11.2. The number of nitrogens with zero attached hydrogens (tertiary/aromatic N) is 3. The predicted octanol–water partition coefficient (Wildman–Crippen LogP) is 5.28. The molecule has 0 bridgehead atoms. The van der Waals surface area contributed by atoms with E-state index in [1.54, 1.807) is 0 Å². The molecule has 1 saturated heterocycles. The fourth-order valence-electron chi connectivity index (χ4n) is 5.65. The van der Waals surface area contributed by atoms with Crippen molar-refractivity contribution in [2.24, 2.45) is 5.92 Å². The molecule has 2 aliphatic heterocycles. The van der Waals surface area contributed by atoms with Gasteiger partial charge in [0, 0.05) is 43.0 Å². The highest BCUT2D eigenvalue weighted by atomic mass is 32.1. The first-order valence-corrected chi connectivity index (χ1v) is 14.3. The molecule has 0 radical (unpaired) electrons. The number of piperazine rings is 1. The molecular formula is C29H41N3O2S. The maximum Gasteiger partial charge on any atom is 0.236 e. The summed E-state index contributed by atoms with van der Waals surface area (Å²) in [5.74, 6) is 0.571. The zero-order valence-electron chi connectivity index (χ0n) is 21.8. The monoisotopic (exact) mass is 495 g/mol. The Morgan fingerprint density at radius 3 is 2.54 bits per heavy atom. The van der Waals surface area contributed by atoms with Crippen LogP contribution >= 0.6 is 11.3 Å². The number of hydrogen-bond donors (Lipinski definition) is 0. The smallest absolute Gasteiger partial charge is 0.236 e. The van der Waals surface area contributed by atoms with Crippen LogP contribution in [0, 0.1) is 12.8 Å². The minimum absolute atomic E-state index is 0.0635. The minimum Gasteiger partial charge on any atom is -0.338 e. The zero-order valence-corrected chi connectivity index (χ0v) is 22.7. The number of fused-ring (bicyclic) bond motifs is 1. The number of aryl methyl sites for hydroxylation is 1. The average Bonchev–Trinajstić information content (AvgIpc) is 3.34. The summed E-state index contributed by atoms with van der Waals surface area (Å²) in [5, 5.41) is 2.18. The number of rotatable bonds is 8. The van der Waals surface area contributed by atoms with Gasteiger partial charge < -0.3 is 9.80 Å². The van der Waals surface area contributed by atoms with E-state index in [0.29, 0.717) is 26.2 Å². The van der Waals surface area contributed by atoms with Gasteiger partial charge in [0.1, 0.15) is 0 Å². The Kier molecular flexibility index (Phi) is 8.66. The highest BCUT2D eigenvalue weighted by molar-refractivity contribution is 7.10. The topological polar surface area (TPSA) is 43.9 Å². The molecule has 4 rings (SSSR count). The molecule has 3 heterocycles. The van der Waals surface area contributed by atoms with Gasteiger partial charge in [-0.15, -0.1) is 11.3 Å². The Bertz CT molecular complexity index is 1000. The van der Waals surface area contributed by atoms with Gasteiger partial charge >= 0.3 is 0 Å². The second-order valence-electron chi connectivity index (χ2n) is 10.3. The molecule has 3 atom stereocenters. The molecule has 0 N–H and O–H groups in total. The van der Waals surface area contributed by atoms with E-state index in [4.69, 9.17) is 0 Å². The summed E-state index contributed by atoms with van der Waals surface area (Å²) in [4.78, 5) is 34.5. The number of hydrogen-bond acceptors (Lipinski definition) is 4. The Hall–Kier alpha value is -2.18. The summed E-state index contributed by atoms with van der Waals surface area (Å²) in [5.41, 5.74) is 3.85. The van der Waals surface area contributed by atoms with Gasteiger partial charge in [-0.1, -0.05) is 56.5 Å². The van der Waals surface area contributed by atoms with Gasteiger partial charge in [-0.25, -0.2) is 0 Å². The van der Waals surface area contributed by atoms with Crippen LogP contribution < -0.4 is 0 Å². The fourth-order valence-corrected chi connectivity index (χ4v) is 6.55. The fraction of sp³-hybridized carbons (Fsp3) is 0.586. The summed E-state index contributed by atoms with van der Waals surface area (Å²) < 4.78 is 0. The molecule has 0 spiro atoms. The Labute approximate surface area is 215 Å². The normalized spacial score (nSPS) is 21.6. The van der Waals surface area contributed by atoms with Crippen molar-refractivity contribution < 1.29 is 9.59 Å². The molecule has 0 saturated carbocycles. The van der Waals surface area contributed by atoms with E-state index in [1.165, 1.54) is 21.6 Å². The largest absolute Gasteiger partial charge is 0.338 e. The first-order chi connectivity index (χ1) is 16.9. The lowest BCUT2D eigenvalue weighted by Crippen LogP contribution is -2.58. The summed E-state index contributed by atoms with van der Waals surface area (Å²) in [6.07, 6.45) is 5.08. The third-order valence-electron chi connectivity index (χ3n) is 7.81. The quantitative estimate of drug-likeness (QED) is 0.500. The van der Waals surface area contributed by atoms with Gasteiger partial charge in [-0.2, -0.15) is 0 Å². The van der Waals surface area contributed by atoms with E-state index in [9.17, 15) is 9.59 Å². The first kappa shape index (κ1) is 25.9. The standard InChI is InChI=1S/C29H41N3O2S/c1-5-7-8-23(6-2)29(34)32-17-16-30(19-22(32)4)27(33)20-31-15-13-26-25(14-18-35-26)28(31)24-11-9-21(3)10-12-24/h9-12,14,18,22-23,28H,5-8,13,15-17,19-20H2,1-4H3/t22-,23+,28+/m1/s1. The van der Waals surface area contributed by atoms with Gasteiger partial charge in [0.25, 0.3) is 0 Å². The molecule has 35 heavy (non-hydrogen) atoms. The van der Waals surface area contributed by atoms with Gasteiger partial charge in [-0.3, -0.25) is 14.5 Å². The van der Waals surface area contributed by atoms with Gasteiger partial charge in [0.15, 0.2) is 0 Å². The van der Waals surface area contributed by atoms with Crippen LogP contribution in [0.25, 0.3) is 0 Å². The molecular weight excluding hydrogens is 454 g/mol. The Morgan fingerprint density at radius 1 is 1.09 bits per heavy atom. The zero-order chi connectivity index (χ0) is 24.9. The highest BCUT2D eigenvalue weighted by Gasteiger charge is 2.35. The van der Waals surface area contributed by atoms with E-state index in [-0.39, 0.29) is 29.8 Å². The Morgan fingerprint density at radius 2 is 1.86 bits per heavy atom. The molecule has 6 heteroatoms. The van der Waals surface area contributed by atoms with E-state index < -0.39 is 0 Å². The second kappa shape index (κ2) is 11.7. The van der Waals surface area contributed by atoms with Crippen molar-refractivity contribution >= 4 is 23.2 Å². The maximum absolute atomic E-state index is 13.5. The van der Waals surface area contributed by atoms with Gasteiger partial charge in [0.05, 0.1) is 12.6 Å². The van der Waals surface area contributed by atoms with Crippen LogP contribution in [0.2, 0.25) is 0 Å². The predicted molar refractivity (Wildman–Crippen MR) is 144 cm³/mol. The molecule has 190 valence electrons. The van der Waals surface area contributed by atoms with Crippen molar-refractivity contribution in [3.63, 3.8) is 0 Å². The van der Waals surface area contributed by atoms with Crippen molar-refractivity contribution in [3.8, 4) is 0 Å². The van der Waals surface area contributed by atoms with Crippen LogP contribution in [0.4, 0.5) is 0 Å². The summed E-state index contributed by atoms with van der Waals surface area (Å²) >= 11 is 1.83. The molecule has 2 aliphatic rings. The summed E-state index contributed by atoms with van der Waals surface area (Å²) in [6.45, 7) is 11.7. The molecule has 2 aromatic rings. The lowest BCUT2D eigenvalue weighted by Gasteiger charge is -2.42. The van der Waals surface area contributed by atoms with Gasteiger partial charge in [-0.05, 0) is 55.7 Å². The van der Waals surface area contributed by atoms with Crippen LogP contribution in [-0.4, -0.2) is 65.3 Å². The number of benzene rings is 1. The lowest BCUT2D eigenvalue weighted by molar-refractivity contribution is -0.146. The van der Waals surface area contributed by atoms with Crippen molar-refractivity contribution in [1.29, 1.82) is 0 Å². The molecule has 1 aromatic heterocycles. The summed E-state index contributed by atoms with van der Waals surface area (Å²) in [7, 11) is 0. The molecule has 5 nitrogen and oxygen atoms in total. The molecule has 0 unspecified atom stereocenters. The van der Waals surface area contributed by atoms with E-state index in [1.807, 2.05) is 21.1 Å². The van der Waals surface area contributed by atoms with Crippen molar-refractivity contribution in [2.75, 3.05) is 32.7 Å². The van der Waals surface area contributed by atoms with Crippen LogP contribution in [0.5, 0.6) is 0 Å². The Balaban J connectivity index is 1.42. The van der Waals surface area contributed by atoms with Crippen LogP contribution in [0.15, 0.2) is 35.7 Å². The average molecular weight is 496 g/mol. The van der Waals surface area contributed by atoms with Crippen molar-refractivity contribution in [3.05, 3.63) is 57.3 Å². The third kappa shape index (κ3) is 5.80. The minimum atomic E-state index is 0.0635. The number of carbonyl (C=O) groups is 2. The third-order valence-corrected chi connectivity index (χ3v) is 8.81. The second-order valence-corrected chi connectivity index (χ2v) is 11.3. The van der Waals surface area contributed by atoms with E-state index >= 15 is 0 Å². The lowest BCUT2D eigenvalue weighted by atomic mass is 9.92. The molecule has 0 aliphatic carbocycles.